The van der Waals surface area contributed by atoms with Gasteiger partial charge in [0.25, 0.3) is 0 Å². The van der Waals surface area contributed by atoms with Crippen molar-refractivity contribution in [2.45, 2.75) is 19.9 Å². The molecular weight excluding hydrogens is 276 g/mol. The van der Waals surface area contributed by atoms with Crippen molar-refractivity contribution in [2.24, 2.45) is 0 Å². The highest BCUT2D eigenvalue weighted by Gasteiger charge is 2.23. The van der Waals surface area contributed by atoms with Gasteiger partial charge in [0.05, 0.1) is 24.1 Å². The third-order valence-electron chi connectivity index (χ3n) is 3.84. The molecule has 0 unspecified atom stereocenters. The van der Waals surface area contributed by atoms with Gasteiger partial charge in [-0.2, -0.15) is 0 Å². The van der Waals surface area contributed by atoms with Crippen LogP contribution in [0.3, 0.4) is 0 Å². The van der Waals surface area contributed by atoms with Crippen molar-refractivity contribution in [3.8, 4) is 11.6 Å². The number of aromatic nitrogens is 3. The van der Waals surface area contributed by atoms with E-state index in [9.17, 15) is 0 Å². The number of hydrogen-bond acceptors (Lipinski definition) is 5. The Kier molecular flexibility index (Phi) is 3.11. The molecule has 0 amide bonds. The Morgan fingerprint density at radius 1 is 1.23 bits per heavy atom. The zero-order chi connectivity index (χ0) is 14.9. The monoisotopic (exact) mass is 292 g/mol. The molecular formula is C17H16N4O. The highest BCUT2D eigenvalue weighted by molar-refractivity contribution is 5.50. The summed E-state index contributed by atoms with van der Waals surface area (Å²) in [5.74, 6) is 1.53. The van der Waals surface area contributed by atoms with Crippen LogP contribution in [0.2, 0.25) is 0 Å². The molecule has 0 fully saturated rings. The van der Waals surface area contributed by atoms with E-state index in [1.165, 1.54) is 0 Å². The van der Waals surface area contributed by atoms with Crippen LogP contribution >= 0.6 is 0 Å². The van der Waals surface area contributed by atoms with E-state index in [0.29, 0.717) is 5.89 Å². The second-order valence-electron chi connectivity index (χ2n) is 5.50. The van der Waals surface area contributed by atoms with Gasteiger partial charge in [-0.3, -0.25) is 9.97 Å². The molecule has 0 N–H and O–H groups in total. The summed E-state index contributed by atoms with van der Waals surface area (Å²) in [5.41, 5.74) is 4.11. The first kappa shape index (κ1) is 13.0. The molecule has 4 rings (SSSR count). The fourth-order valence-corrected chi connectivity index (χ4v) is 2.73. The van der Waals surface area contributed by atoms with Gasteiger partial charge >= 0.3 is 0 Å². The summed E-state index contributed by atoms with van der Waals surface area (Å²) < 4.78 is 5.94. The summed E-state index contributed by atoms with van der Waals surface area (Å²) in [4.78, 5) is 15.4. The fourth-order valence-electron chi connectivity index (χ4n) is 2.73. The second-order valence-corrected chi connectivity index (χ2v) is 5.50. The minimum atomic E-state index is 0.606. The van der Waals surface area contributed by atoms with Crippen LogP contribution in [0, 0.1) is 6.92 Å². The van der Waals surface area contributed by atoms with Gasteiger partial charge in [-0.15, -0.1) is 0 Å². The number of anilines is 1. The lowest BCUT2D eigenvalue weighted by atomic mass is 10.1. The lowest BCUT2D eigenvalue weighted by Gasteiger charge is -2.27. The van der Waals surface area contributed by atoms with Crippen LogP contribution in [0.4, 0.5) is 5.69 Å². The quantitative estimate of drug-likeness (QED) is 0.726. The van der Waals surface area contributed by atoms with E-state index < -0.39 is 0 Å². The Bertz CT molecular complexity index is 797. The molecule has 1 aliphatic rings. The Morgan fingerprint density at radius 3 is 3.00 bits per heavy atom. The molecule has 4 heterocycles. The summed E-state index contributed by atoms with van der Waals surface area (Å²) in [6.45, 7) is 3.70. The molecule has 0 saturated carbocycles. The Labute approximate surface area is 128 Å². The van der Waals surface area contributed by atoms with Crippen molar-refractivity contribution in [3.63, 3.8) is 0 Å². The molecule has 0 atom stereocenters. The van der Waals surface area contributed by atoms with Gasteiger partial charge in [0.1, 0.15) is 11.5 Å². The smallest absolute Gasteiger partial charge is 0.245 e. The van der Waals surface area contributed by atoms with Crippen molar-refractivity contribution >= 4 is 5.69 Å². The van der Waals surface area contributed by atoms with Crippen molar-refractivity contribution < 1.29 is 4.42 Å². The zero-order valence-corrected chi connectivity index (χ0v) is 12.4. The van der Waals surface area contributed by atoms with Crippen LogP contribution in [-0.4, -0.2) is 21.5 Å². The van der Waals surface area contributed by atoms with Gasteiger partial charge in [0.2, 0.25) is 5.89 Å². The lowest BCUT2D eigenvalue weighted by molar-refractivity contribution is 0.494. The fraction of sp³-hybridized carbons (Fsp3) is 0.235. The number of fused-ring (bicyclic) bond motifs is 1. The third-order valence-corrected chi connectivity index (χ3v) is 3.84. The summed E-state index contributed by atoms with van der Waals surface area (Å²) in [7, 11) is 0. The first-order valence-electron chi connectivity index (χ1n) is 7.36. The van der Waals surface area contributed by atoms with Gasteiger partial charge in [0.15, 0.2) is 0 Å². The first-order chi connectivity index (χ1) is 10.8. The molecule has 5 heteroatoms. The summed E-state index contributed by atoms with van der Waals surface area (Å²) >= 11 is 0. The Hall–Kier alpha value is -2.69. The van der Waals surface area contributed by atoms with E-state index in [4.69, 9.17) is 4.42 Å². The van der Waals surface area contributed by atoms with Crippen molar-refractivity contribution in [1.29, 1.82) is 0 Å². The average Bonchev–Trinajstić information content (AvgIpc) is 2.99. The average molecular weight is 292 g/mol. The Morgan fingerprint density at radius 2 is 2.18 bits per heavy atom. The van der Waals surface area contributed by atoms with E-state index in [-0.39, 0.29) is 0 Å². The number of oxazole rings is 1. The molecule has 3 aromatic heterocycles. The van der Waals surface area contributed by atoms with E-state index in [1.54, 1.807) is 6.20 Å². The Balaban J connectivity index is 1.63. The lowest BCUT2D eigenvalue weighted by Crippen LogP contribution is -2.30. The summed E-state index contributed by atoms with van der Waals surface area (Å²) in [6, 6.07) is 7.89. The molecule has 0 saturated heterocycles. The number of hydrogen-bond donors (Lipinski definition) is 0. The standard InChI is InChI=1S/C17H16N4O/c1-12-8-13(10-18-9-12)21-7-5-14-16(11-21)22-17(20-14)15-4-2-3-6-19-15/h2-4,6,8-10H,5,7,11H2,1H3. The number of aryl methyl sites for hydroxylation is 1. The molecule has 3 aromatic rings. The molecule has 0 bridgehead atoms. The molecule has 22 heavy (non-hydrogen) atoms. The largest absolute Gasteiger partial charge is 0.438 e. The van der Waals surface area contributed by atoms with Crippen LogP contribution in [-0.2, 0) is 13.0 Å². The minimum absolute atomic E-state index is 0.606. The number of pyridine rings is 2. The maximum absolute atomic E-state index is 5.94. The molecule has 0 aromatic carbocycles. The van der Waals surface area contributed by atoms with Crippen LogP contribution in [0.5, 0.6) is 0 Å². The highest BCUT2D eigenvalue weighted by atomic mass is 16.4. The molecule has 110 valence electrons. The van der Waals surface area contributed by atoms with Crippen LogP contribution in [0.1, 0.15) is 17.0 Å². The molecule has 5 nitrogen and oxygen atoms in total. The van der Waals surface area contributed by atoms with Gasteiger partial charge in [-0.1, -0.05) is 6.07 Å². The van der Waals surface area contributed by atoms with Crippen LogP contribution < -0.4 is 4.90 Å². The SMILES string of the molecule is Cc1cncc(N2CCc3nc(-c4ccccn4)oc3C2)c1. The molecule has 0 aliphatic carbocycles. The first-order valence-corrected chi connectivity index (χ1v) is 7.36. The highest BCUT2D eigenvalue weighted by Crippen LogP contribution is 2.27. The zero-order valence-electron chi connectivity index (χ0n) is 12.4. The predicted molar refractivity (Wildman–Crippen MR) is 83.5 cm³/mol. The summed E-state index contributed by atoms with van der Waals surface area (Å²) in [5, 5.41) is 0. The topological polar surface area (TPSA) is 55.1 Å². The maximum atomic E-state index is 5.94. The predicted octanol–water partition coefficient (Wildman–Crippen LogP) is 3.00. The molecule has 0 radical (unpaired) electrons. The third kappa shape index (κ3) is 2.35. The van der Waals surface area contributed by atoms with Gasteiger partial charge in [-0.05, 0) is 30.7 Å². The van der Waals surface area contributed by atoms with Crippen molar-refractivity contribution in [2.75, 3.05) is 11.4 Å². The second kappa shape index (κ2) is 5.26. The van der Waals surface area contributed by atoms with Crippen LogP contribution in [0.25, 0.3) is 11.6 Å². The van der Waals surface area contributed by atoms with E-state index in [1.807, 2.05) is 30.6 Å². The number of nitrogens with zero attached hydrogens (tertiary/aromatic N) is 4. The maximum Gasteiger partial charge on any atom is 0.245 e. The van der Waals surface area contributed by atoms with E-state index in [2.05, 4.69) is 32.8 Å². The minimum Gasteiger partial charge on any atom is -0.438 e. The van der Waals surface area contributed by atoms with E-state index >= 15 is 0 Å². The van der Waals surface area contributed by atoms with Gasteiger partial charge < -0.3 is 9.32 Å². The van der Waals surface area contributed by atoms with Crippen LogP contribution in [0.15, 0.2) is 47.3 Å². The van der Waals surface area contributed by atoms with Crippen molar-refractivity contribution in [3.05, 3.63) is 59.9 Å². The number of rotatable bonds is 2. The van der Waals surface area contributed by atoms with Gasteiger partial charge in [0, 0.05) is 25.4 Å². The van der Waals surface area contributed by atoms with Crippen molar-refractivity contribution in [1.82, 2.24) is 15.0 Å². The normalized spacial score (nSPS) is 14.0. The molecule has 1 aliphatic heterocycles. The van der Waals surface area contributed by atoms with Gasteiger partial charge in [-0.25, -0.2) is 4.98 Å². The van der Waals surface area contributed by atoms with E-state index in [0.717, 1.165) is 47.9 Å². The summed E-state index contributed by atoms with van der Waals surface area (Å²) in [6.07, 6.45) is 6.39. The molecule has 0 spiro atoms.